The van der Waals surface area contributed by atoms with Crippen LogP contribution in [0.2, 0.25) is 0 Å². The summed E-state index contributed by atoms with van der Waals surface area (Å²) in [6, 6.07) is 4.03. The van der Waals surface area contributed by atoms with Crippen molar-refractivity contribution in [3.05, 3.63) is 41.6 Å². The first kappa shape index (κ1) is 23.4. The van der Waals surface area contributed by atoms with E-state index in [1.165, 1.54) is 0 Å². The molecular weight excluding hydrogens is 446 g/mol. The van der Waals surface area contributed by atoms with Gasteiger partial charge in [0.1, 0.15) is 5.69 Å². The van der Waals surface area contributed by atoms with Crippen molar-refractivity contribution in [2.24, 2.45) is 7.05 Å². The third-order valence-electron chi connectivity index (χ3n) is 6.60. The molecule has 0 radical (unpaired) electrons. The molecule has 35 heavy (non-hydrogen) atoms. The number of carbonyl (C=O) groups excluding carboxylic acids is 1. The van der Waals surface area contributed by atoms with Crippen LogP contribution in [0.4, 0.5) is 0 Å². The largest absolute Gasteiger partial charge is 0.493 e. The van der Waals surface area contributed by atoms with Crippen molar-refractivity contribution in [2.75, 3.05) is 26.9 Å². The molecule has 0 unspecified atom stereocenters. The summed E-state index contributed by atoms with van der Waals surface area (Å²) in [6.45, 7) is 9.60. The monoisotopic (exact) mass is 479 g/mol. The van der Waals surface area contributed by atoms with Crippen LogP contribution >= 0.6 is 0 Å². The van der Waals surface area contributed by atoms with E-state index in [2.05, 4.69) is 9.55 Å². The van der Waals surface area contributed by atoms with Crippen molar-refractivity contribution in [3.63, 3.8) is 0 Å². The minimum Gasteiger partial charge on any atom is -0.493 e. The van der Waals surface area contributed by atoms with E-state index >= 15 is 0 Å². The molecule has 186 valence electrons. The summed E-state index contributed by atoms with van der Waals surface area (Å²) >= 11 is 0. The summed E-state index contributed by atoms with van der Waals surface area (Å²) in [5.74, 6) is 1.94. The third-order valence-corrected chi connectivity index (χ3v) is 6.60. The standard InChI is InChI=1S/C26H33N5O4/c1-16(2)35-22-12-20-17(11-21(22)33-6)7-8-19-23(25(32)30-9-10-34-14-26(30,3)4)28-24(31(19)20)18-13-29(5)15-27-18/h11-13,15-16H,7-10,14H2,1-6H3. The molecule has 2 aliphatic heterocycles. The van der Waals surface area contributed by atoms with Crippen LogP contribution in [0.3, 0.4) is 0 Å². The zero-order valence-electron chi connectivity index (χ0n) is 21.3. The molecule has 9 heteroatoms. The van der Waals surface area contributed by atoms with Crippen molar-refractivity contribution in [3.8, 4) is 28.7 Å². The molecule has 0 saturated carbocycles. The zero-order valence-corrected chi connectivity index (χ0v) is 21.3. The molecule has 3 aromatic rings. The Morgan fingerprint density at radius 1 is 1.20 bits per heavy atom. The van der Waals surface area contributed by atoms with Crippen LogP contribution in [-0.4, -0.2) is 68.4 Å². The predicted molar refractivity (Wildman–Crippen MR) is 131 cm³/mol. The fraction of sp³-hybridized carbons (Fsp3) is 0.500. The van der Waals surface area contributed by atoms with Gasteiger partial charge in [0.25, 0.3) is 5.91 Å². The molecule has 1 saturated heterocycles. The molecule has 4 heterocycles. The Morgan fingerprint density at radius 3 is 2.66 bits per heavy atom. The molecule has 0 atom stereocenters. The van der Waals surface area contributed by atoms with Crippen LogP contribution in [0.15, 0.2) is 24.7 Å². The number of carbonyl (C=O) groups is 1. The summed E-state index contributed by atoms with van der Waals surface area (Å²) in [6.07, 6.45) is 5.12. The Hall–Kier alpha value is -3.33. The summed E-state index contributed by atoms with van der Waals surface area (Å²) in [7, 11) is 3.58. The smallest absolute Gasteiger partial charge is 0.274 e. The summed E-state index contributed by atoms with van der Waals surface area (Å²) < 4.78 is 21.3. The van der Waals surface area contributed by atoms with Crippen LogP contribution in [0.25, 0.3) is 17.2 Å². The number of imidazole rings is 2. The van der Waals surface area contributed by atoms with Crippen molar-refractivity contribution < 1.29 is 19.0 Å². The zero-order chi connectivity index (χ0) is 24.9. The average molecular weight is 480 g/mol. The Labute approximate surface area is 205 Å². The quantitative estimate of drug-likeness (QED) is 0.558. The van der Waals surface area contributed by atoms with Gasteiger partial charge in [0, 0.05) is 25.9 Å². The lowest BCUT2D eigenvalue weighted by molar-refractivity contribution is -0.0373. The first-order valence-corrected chi connectivity index (χ1v) is 12.1. The molecular formula is C26H33N5O4. The maximum atomic E-state index is 13.9. The van der Waals surface area contributed by atoms with Gasteiger partial charge in [-0.2, -0.15) is 0 Å². The lowest BCUT2D eigenvalue weighted by Crippen LogP contribution is -2.55. The Kier molecular flexibility index (Phi) is 5.83. The number of methoxy groups -OCH3 is 1. The highest BCUT2D eigenvalue weighted by molar-refractivity contribution is 5.95. The van der Waals surface area contributed by atoms with Gasteiger partial charge in [0.15, 0.2) is 23.0 Å². The third kappa shape index (κ3) is 4.07. The molecule has 5 rings (SSSR count). The number of hydrogen-bond acceptors (Lipinski definition) is 6. The van der Waals surface area contributed by atoms with Crippen LogP contribution in [0.1, 0.15) is 49.4 Å². The van der Waals surface area contributed by atoms with Gasteiger partial charge >= 0.3 is 0 Å². The van der Waals surface area contributed by atoms with E-state index in [-0.39, 0.29) is 12.0 Å². The van der Waals surface area contributed by atoms with E-state index in [4.69, 9.17) is 19.2 Å². The van der Waals surface area contributed by atoms with Gasteiger partial charge < -0.3 is 23.7 Å². The number of ether oxygens (including phenoxy) is 3. The molecule has 1 fully saturated rings. The number of nitrogens with zero attached hydrogens (tertiary/aromatic N) is 5. The highest BCUT2D eigenvalue weighted by Crippen LogP contribution is 2.40. The van der Waals surface area contributed by atoms with Crippen molar-refractivity contribution in [2.45, 2.75) is 52.2 Å². The fourth-order valence-corrected chi connectivity index (χ4v) is 4.94. The van der Waals surface area contributed by atoms with Gasteiger partial charge in [-0.15, -0.1) is 0 Å². The van der Waals surface area contributed by atoms with E-state index in [1.54, 1.807) is 13.4 Å². The van der Waals surface area contributed by atoms with Gasteiger partial charge in [-0.25, -0.2) is 9.97 Å². The fourth-order valence-electron chi connectivity index (χ4n) is 4.94. The number of hydrogen-bond donors (Lipinski definition) is 0. The van der Waals surface area contributed by atoms with Crippen LogP contribution in [-0.2, 0) is 24.6 Å². The normalized spacial score (nSPS) is 16.7. The van der Waals surface area contributed by atoms with Gasteiger partial charge in [-0.1, -0.05) is 0 Å². The van der Waals surface area contributed by atoms with Crippen molar-refractivity contribution >= 4 is 5.91 Å². The number of rotatable bonds is 5. The van der Waals surface area contributed by atoms with Gasteiger partial charge in [0.05, 0.1) is 49.7 Å². The second-order valence-electron chi connectivity index (χ2n) is 10.1. The summed E-state index contributed by atoms with van der Waals surface area (Å²) in [5, 5.41) is 0. The predicted octanol–water partition coefficient (Wildman–Crippen LogP) is 3.42. The summed E-state index contributed by atoms with van der Waals surface area (Å²) in [5.41, 5.74) is 3.74. The number of benzene rings is 1. The minimum atomic E-state index is -0.408. The Balaban J connectivity index is 1.70. The topological polar surface area (TPSA) is 83.6 Å². The molecule has 9 nitrogen and oxygen atoms in total. The second kappa shape index (κ2) is 8.71. The Bertz CT molecular complexity index is 1270. The number of amides is 1. The first-order valence-electron chi connectivity index (χ1n) is 12.1. The van der Waals surface area contributed by atoms with Crippen molar-refractivity contribution in [1.82, 2.24) is 24.0 Å². The van der Waals surface area contributed by atoms with E-state index in [9.17, 15) is 4.79 Å². The van der Waals surface area contributed by atoms with E-state index in [0.29, 0.717) is 54.9 Å². The number of fused-ring (bicyclic) bond motifs is 3. The lowest BCUT2D eigenvalue weighted by Gasteiger charge is -2.41. The molecule has 0 aliphatic carbocycles. The SMILES string of the molecule is COc1cc2c(cc1OC(C)C)-n1c(-c3cn(C)cn3)nc(C(=O)N3CCOCC3(C)C)c1CC2. The van der Waals surface area contributed by atoms with Crippen LogP contribution in [0, 0.1) is 0 Å². The molecule has 0 spiro atoms. The minimum absolute atomic E-state index is 0.0104. The van der Waals surface area contributed by atoms with Crippen LogP contribution < -0.4 is 9.47 Å². The number of morpholine rings is 1. The lowest BCUT2D eigenvalue weighted by atomic mass is 9.98. The number of aryl methyl sites for hydroxylation is 2. The number of aromatic nitrogens is 4. The summed E-state index contributed by atoms with van der Waals surface area (Å²) in [4.78, 5) is 25.3. The molecule has 1 amide bonds. The van der Waals surface area contributed by atoms with E-state index < -0.39 is 5.54 Å². The maximum absolute atomic E-state index is 13.9. The molecule has 0 bridgehead atoms. The van der Waals surface area contributed by atoms with E-state index in [0.717, 1.165) is 23.4 Å². The van der Waals surface area contributed by atoms with Gasteiger partial charge in [-0.05, 0) is 52.2 Å². The van der Waals surface area contributed by atoms with Crippen molar-refractivity contribution in [1.29, 1.82) is 0 Å². The maximum Gasteiger partial charge on any atom is 0.274 e. The average Bonchev–Trinajstić information content (AvgIpc) is 3.41. The van der Waals surface area contributed by atoms with Crippen LogP contribution in [0.5, 0.6) is 11.5 Å². The first-order chi connectivity index (χ1) is 16.7. The van der Waals surface area contributed by atoms with Gasteiger partial charge in [0.2, 0.25) is 0 Å². The molecule has 1 aromatic carbocycles. The molecule has 0 N–H and O–H groups in total. The van der Waals surface area contributed by atoms with Gasteiger partial charge in [-0.3, -0.25) is 9.36 Å². The molecule has 2 aromatic heterocycles. The Morgan fingerprint density at radius 2 is 2.00 bits per heavy atom. The highest BCUT2D eigenvalue weighted by Gasteiger charge is 2.38. The molecule has 2 aliphatic rings. The van der Waals surface area contributed by atoms with E-state index in [1.807, 2.05) is 62.5 Å². The second-order valence-corrected chi connectivity index (χ2v) is 10.1. The highest BCUT2D eigenvalue weighted by atomic mass is 16.5.